The summed E-state index contributed by atoms with van der Waals surface area (Å²) in [5.74, 6) is -0.374. The number of ether oxygens (including phenoxy) is 2. The van der Waals surface area contributed by atoms with E-state index < -0.39 is 18.0 Å². The second-order valence-electron chi connectivity index (χ2n) is 7.00. The molecule has 3 aromatic rings. The zero-order valence-electron chi connectivity index (χ0n) is 17.2. The third kappa shape index (κ3) is 5.94. The van der Waals surface area contributed by atoms with Crippen molar-refractivity contribution in [2.24, 2.45) is 5.73 Å². The van der Waals surface area contributed by atoms with Crippen LogP contribution in [0.3, 0.4) is 0 Å². The Bertz CT molecular complexity index is 1150. The van der Waals surface area contributed by atoms with Gasteiger partial charge in [-0.3, -0.25) is 14.2 Å². The predicted molar refractivity (Wildman–Crippen MR) is 122 cm³/mol. The minimum atomic E-state index is -1.07. The minimum Gasteiger partial charge on any atom is -0.494 e. The van der Waals surface area contributed by atoms with Gasteiger partial charge in [-0.1, -0.05) is 24.3 Å². The van der Waals surface area contributed by atoms with Crippen LogP contribution in [-0.4, -0.2) is 39.9 Å². The number of carbonyl (C=O) groups is 2. The van der Waals surface area contributed by atoms with Gasteiger partial charge in [0.15, 0.2) is 3.95 Å². The van der Waals surface area contributed by atoms with E-state index in [0.717, 1.165) is 11.1 Å². The first-order chi connectivity index (χ1) is 15.3. The molecule has 0 saturated heterocycles. The van der Waals surface area contributed by atoms with Gasteiger partial charge in [0.05, 0.1) is 12.0 Å². The highest BCUT2D eigenvalue weighted by Gasteiger charge is 2.15. The number of rotatable bonds is 9. The van der Waals surface area contributed by atoms with Crippen molar-refractivity contribution in [3.63, 3.8) is 0 Å². The second-order valence-corrected chi connectivity index (χ2v) is 8.72. The van der Waals surface area contributed by atoms with Crippen molar-refractivity contribution in [3.05, 3.63) is 68.5 Å². The molecule has 0 bridgehead atoms. The second kappa shape index (κ2) is 10.4. The van der Waals surface area contributed by atoms with Crippen LogP contribution in [0, 0.1) is 3.95 Å². The summed E-state index contributed by atoms with van der Waals surface area (Å²) < 4.78 is 12.0. The van der Waals surface area contributed by atoms with Crippen LogP contribution in [0.4, 0.5) is 0 Å². The summed E-state index contributed by atoms with van der Waals surface area (Å²) in [5.41, 5.74) is 7.58. The molecular weight excluding hydrogens is 452 g/mol. The Kier molecular flexibility index (Phi) is 7.62. The van der Waals surface area contributed by atoms with Gasteiger partial charge in [0.2, 0.25) is 5.88 Å². The van der Waals surface area contributed by atoms with Crippen molar-refractivity contribution in [1.82, 2.24) is 4.57 Å². The zero-order chi connectivity index (χ0) is 23.3. The van der Waals surface area contributed by atoms with E-state index in [1.54, 1.807) is 24.3 Å². The molecule has 1 unspecified atom stereocenters. The molecule has 0 radical (unpaired) electrons. The number of carbonyl (C=O) groups excluding carboxylic acids is 1. The van der Waals surface area contributed by atoms with Gasteiger partial charge in [0.1, 0.15) is 24.1 Å². The van der Waals surface area contributed by atoms with Gasteiger partial charge >= 0.3 is 11.9 Å². The lowest BCUT2D eigenvalue weighted by molar-refractivity contribution is -0.142. The lowest BCUT2D eigenvalue weighted by Crippen LogP contribution is -2.33. The van der Waals surface area contributed by atoms with Crippen molar-refractivity contribution in [1.29, 1.82) is 0 Å². The molecule has 0 aliphatic rings. The number of esters is 1. The van der Waals surface area contributed by atoms with Crippen LogP contribution in [0.15, 0.2) is 48.5 Å². The maximum atomic E-state index is 11.4. The molecule has 0 spiro atoms. The van der Waals surface area contributed by atoms with Crippen molar-refractivity contribution in [2.75, 3.05) is 7.11 Å². The Balaban J connectivity index is 1.62. The van der Waals surface area contributed by atoms with Crippen LogP contribution < -0.4 is 10.5 Å². The average molecular weight is 475 g/mol. The summed E-state index contributed by atoms with van der Waals surface area (Å²) in [6.07, 6.45) is 0.790. The first-order valence-electron chi connectivity index (χ1n) is 9.59. The molecular formula is C22H22N2O6S2. The molecule has 32 heavy (non-hydrogen) atoms. The van der Waals surface area contributed by atoms with Crippen molar-refractivity contribution in [2.45, 2.75) is 25.4 Å². The highest BCUT2D eigenvalue weighted by atomic mass is 32.1. The summed E-state index contributed by atoms with van der Waals surface area (Å²) >= 11 is 6.34. The van der Waals surface area contributed by atoms with Gasteiger partial charge in [0.25, 0.3) is 0 Å². The molecule has 2 aromatic carbocycles. The molecule has 3 rings (SSSR count). The highest BCUT2D eigenvalue weighted by molar-refractivity contribution is 7.73. The van der Waals surface area contributed by atoms with Gasteiger partial charge in [-0.2, -0.15) is 0 Å². The van der Waals surface area contributed by atoms with Crippen LogP contribution in [0.25, 0.3) is 0 Å². The van der Waals surface area contributed by atoms with E-state index in [0.29, 0.717) is 33.2 Å². The zero-order valence-corrected chi connectivity index (χ0v) is 18.8. The molecule has 1 aromatic heterocycles. The molecule has 168 valence electrons. The Labute approximate surface area is 193 Å². The number of hydrogen-bond acceptors (Lipinski definition) is 8. The largest absolute Gasteiger partial charge is 0.494 e. The summed E-state index contributed by atoms with van der Waals surface area (Å²) in [4.78, 5) is 23.0. The number of aromatic nitrogens is 1. The van der Waals surface area contributed by atoms with Gasteiger partial charge in [-0.15, -0.1) is 11.3 Å². The fraction of sp³-hybridized carbons (Fsp3) is 0.227. The fourth-order valence-corrected chi connectivity index (χ4v) is 4.38. The van der Waals surface area contributed by atoms with E-state index in [4.69, 9.17) is 27.8 Å². The Morgan fingerprint density at radius 1 is 1.09 bits per heavy atom. The van der Waals surface area contributed by atoms with Crippen molar-refractivity contribution >= 4 is 35.5 Å². The number of hydrogen-bond donors (Lipinski definition) is 3. The quantitative estimate of drug-likeness (QED) is 0.318. The Morgan fingerprint density at radius 3 is 2.19 bits per heavy atom. The number of nitrogens with zero attached hydrogens (tertiary/aromatic N) is 1. The van der Waals surface area contributed by atoms with Crippen LogP contribution in [-0.2, 0) is 33.7 Å². The molecule has 0 amide bonds. The summed E-state index contributed by atoms with van der Waals surface area (Å²) in [7, 11) is 1.31. The summed E-state index contributed by atoms with van der Waals surface area (Å²) in [6, 6.07) is 13.9. The number of carboxylic acid groups (broad SMARTS) is 1. The summed E-state index contributed by atoms with van der Waals surface area (Å²) in [6.45, 7) is -0.374. The normalized spacial score (nSPS) is 11.7. The number of thiazole rings is 1. The third-order valence-electron chi connectivity index (χ3n) is 4.64. The fourth-order valence-electron chi connectivity index (χ4n) is 3.01. The van der Waals surface area contributed by atoms with Gasteiger partial charge < -0.3 is 25.4 Å². The topological polar surface area (TPSA) is 124 Å². The predicted octanol–water partition coefficient (Wildman–Crippen LogP) is 3.50. The number of aliphatic carboxylic acids is 1. The lowest BCUT2D eigenvalue weighted by Gasteiger charge is -2.10. The first kappa shape index (κ1) is 23.5. The minimum absolute atomic E-state index is 0.116. The third-order valence-corrected chi connectivity index (χ3v) is 6.07. The average Bonchev–Trinajstić information content (AvgIpc) is 3.02. The van der Waals surface area contributed by atoms with E-state index in [9.17, 15) is 14.7 Å². The lowest BCUT2D eigenvalue weighted by atomic mass is 10.1. The molecule has 1 heterocycles. The van der Waals surface area contributed by atoms with Gasteiger partial charge in [-0.25, -0.2) is 0 Å². The van der Waals surface area contributed by atoms with E-state index in [1.807, 2.05) is 24.3 Å². The van der Waals surface area contributed by atoms with Crippen LogP contribution in [0.1, 0.15) is 16.0 Å². The molecule has 1 atom stereocenters. The van der Waals surface area contributed by atoms with E-state index in [2.05, 4.69) is 4.74 Å². The number of nitrogens with two attached hydrogens (primary N) is 1. The van der Waals surface area contributed by atoms with E-state index >= 15 is 0 Å². The monoisotopic (exact) mass is 474 g/mol. The standard InChI is InChI=1S/C22H22N2O6S2/c1-29-21(28)17(23)10-13-2-6-15(7-3-13)30-16-8-4-14(5-9-16)11-18-20(27)24(12-19(25)26)22(31)32-18/h2-9,17,27H,10-12,23H2,1H3,(H,25,26). The SMILES string of the molecule is COC(=O)C(N)Cc1ccc(Oc2ccc(Cc3sc(=S)n(CC(=O)O)c3O)cc2)cc1. The van der Waals surface area contributed by atoms with Gasteiger partial charge in [0, 0.05) is 6.42 Å². The Hall–Kier alpha value is -3.21. The van der Waals surface area contributed by atoms with Crippen molar-refractivity contribution < 1.29 is 29.3 Å². The van der Waals surface area contributed by atoms with Crippen LogP contribution in [0.5, 0.6) is 17.4 Å². The maximum Gasteiger partial charge on any atom is 0.323 e. The maximum absolute atomic E-state index is 11.4. The molecule has 0 fully saturated rings. The molecule has 4 N–H and O–H groups in total. The highest BCUT2D eigenvalue weighted by Crippen LogP contribution is 2.29. The molecule has 10 heteroatoms. The number of aromatic hydroxyl groups is 1. The van der Waals surface area contributed by atoms with Gasteiger partial charge in [-0.05, 0) is 54.0 Å². The molecule has 0 saturated carbocycles. The number of carboxylic acids is 1. The van der Waals surface area contributed by atoms with E-state index in [-0.39, 0.29) is 12.4 Å². The number of benzene rings is 2. The molecule has 0 aliphatic carbocycles. The van der Waals surface area contributed by atoms with Crippen LogP contribution in [0.2, 0.25) is 0 Å². The smallest absolute Gasteiger partial charge is 0.323 e. The molecule has 8 nitrogen and oxygen atoms in total. The summed E-state index contributed by atoms with van der Waals surface area (Å²) in [5, 5.41) is 19.2. The first-order valence-corrected chi connectivity index (χ1v) is 10.8. The van der Waals surface area contributed by atoms with Crippen LogP contribution >= 0.6 is 23.6 Å². The number of methoxy groups -OCH3 is 1. The van der Waals surface area contributed by atoms with E-state index in [1.165, 1.54) is 23.0 Å². The molecule has 0 aliphatic heterocycles. The Morgan fingerprint density at radius 2 is 1.66 bits per heavy atom. The van der Waals surface area contributed by atoms with Crippen molar-refractivity contribution in [3.8, 4) is 17.4 Å².